The molecule has 2 heterocycles. The van der Waals surface area contributed by atoms with Crippen molar-refractivity contribution in [1.29, 1.82) is 0 Å². The number of anilines is 1. The highest BCUT2D eigenvalue weighted by atomic mass is 19.1. The summed E-state index contributed by atoms with van der Waals surface area (Å²) in [5, 5.41) is 11.7. The molecule has 0 amide bonds. The Kier molecular flexibility index (Phi) is 3.64. The molecule has 0 aliphatic carbocycles. The van der Waals surface area contributed by atoms with Crippen molar-refractivity contribution >= 4 is 5.82 Å². The predicted octanol–water partition coefficient (Wildman–Crippen LogP) is 1.82. The summed E-state index contributed by atoms with van der Waals surface area (Å²) < 4.78 is 15.7. The SMILES string of the molecule is Cc1cn(CCF)nc1NCc1c(C)cnn1C. The Morgan fingerprint density at radius 2 is 2.11 bits per heavy atom. The van der Waals surface area contributed by atoms with Gasteiger partial charge in [0.1, 0.15) is 6.67 Å². The standard InChI is InChI=1S/C12H18FN5/c1-9-6-15-17(3)11(9)7-14-12-10(2)8-18(16-12)5-4-13/h6,8H,4-5,7H2,1-3H3,(H,14,16). The quantitative estimate of drug-likeness (QED) is 0.881. The van der Waals surface area contributed by atoms with E-state index in [1.54, 1.807) is 4.68 Å². The number of hydrogen-bond acceptors (Lipinski definition) is 3. The minimum absolute atomic E-state index is 0.299. The van der Waals surface area contributed by atoms with Gasteiger partial charge in [-0.15, -0.1) is 0 Å². The van der Waals surface area contributed by atoms with Gasteiger partial charge in [0.05, 0.1) is 25.0 Å². The van der Waals surface area contributed by atoms with Crippen LogP contribution < -0.4 is 5.32 Å². The molecule has 0 bridgehead atoms. The lowest BCUT2D eigenvalue weighted by atomic mass is 10.2. The lowest BCUT2D eigenvalue weighted by Crippen LogP contribution is -2.08. The van der Waals surface area contributed by atoms with Crippen LogP contribution in [0.2, 0.25) is 0 Å². The summed E-state index contributed by atoms with van der Waals surface area (Å²) in [5.41, 5.74) is 3.28. The largest absolute Gasteiger partial charge is 0.363 e. The Morgan fingerprint density at radius 3 is 2.72 bits per heavy atom. The van der Waals surface area contributed by atoms with Crippen LogP contribution in [-0.4, -0.2) is 26.2 Å². The summed E-state index contributed by atoms with van der Waals surface area (Å²) in [5.74, 6) is 0.795. The molecule has 2 rings (SSSR count). The summed E-state index contributed by atoms with van der Waals surface area (Å²) in [6.07, 6.45) is 3.68. The summed E-state index contributed by atoms with van der Waals surface area (Å²) in [6.45, 7) is 4.54. The van der Waals surface area contributed by atoms with Gasteiger partial charge in [-0.1, -0.05) is 0 Å². The van der Waals surface area contributed by atoms with Crippen molar-refractivity contribution in [3.8, 4) is 0 Å². The van der Waals surface area contributed by atoms with Crippen molar-refractivity contribution < 1.29 is 4.39 Å². The molecule has 2 aromatic rings. The Morgan fingerprint density at radius 1 is 1.33 bits per heavy atom. The minimum Gasteiger partial charge on any atom is -0.363 e. The van der Waals surface area contributed by atoms with Crippen LogP contribution in [0.15, 0.2) is 12.4 Å². The third kappa shape index (κ3) is 2.52. The molecule has 0 saturated carbocycles. The molecule has 6 heteroatoms. The van der Waals surface area contributed by atoms with E-state index in [2.05, 4.69) is 15.5 Å². The molecular weight excluding hydrogens is 233 g/mol. The Labute approximate surface area is 106 Å². The highest BCUT2D eigenvalue weighted by Crippen LogP contribution is 2.14. The van der Waals surface area contributed by atoms with E-state index in [0.717, 1.165) is 22.6 Å². The number of halogens is 1. The van der Waals surface area contributed by atoms with Crippen LogP contribution in [0, 0.1) is 13.8 Å². The number of hydrogen-bond donors (Lipinski definition) is 1. The van der Waals surface area contributed by atoms with Gasteiger partial charge in [0.25, 0.3) is 0 Å². The highest BCUT2D eigenvalue weighted by molar-refractivity contribution is 5.42. The lowest BCUT2D eigenvalue weighted by molar-refractivity contribution is 0.427. The van der Waals surface area contributed by atoms with Crippen LogP contribution in [0.5, 0.6) is 0 Å². The van der Waals surface area contributed by atoms with Crippen molar-refractivity contribution in [3.05, 3.63) is 29.2 Å². The van der Waals surface area contributed by atoms with Crippen LogP contribution in [-0.2, 0) is 20.1 Å². The summed E-state index contributed by atoms with van der Waals surface area (Å²) in [4.78, 5) is 0. The smallest absolute Gasteiger partial charge is 0.151 e. The number of rotatable bonds is 5. The molecular formula is C12H18FN5. The maximum Gasteiger partial charge on any atom is 0.151 e. The molecule has 18 heavy (non-hydrogen) atoms. The number of aromatic nitrogens is 4. The molecule has 0 radical (unpaired) electrons. The molecule has 0 atom stereocenters. The third-order valence-electron chi connectivity index (χ3n) is 2.95. The highest BCUT2D eigenvalue weighted by Gasteiger charge is 2.08. The number of aryl methyl sites for hydroxylation is 4. The monoisotopic (exact) mass is 251 g/mol. The molecule has 0 unspecified atom stereocenters. The van der Waals surface area contributed by atoms with E-state index in [1.165, 1.54) is 0 Å². The van der Waals surface area contributed by atoms with E-state index < -0.39 is 6.67 Å². The first-order valence-electron chi connectivity index (χ1n) is 5.93. The molecule has 2 aromatic heterocycles. The zero-order chi connectivity index (χ0) is 13.1. The van der Waals surface area contributed by atoms with Gasteiger partial charge < -0.3 is 5.32 Å². The fourth-order valence-corrected chi connectivity index (χ4v) is 1.89. The molecule has 0 aromatic carbocycles. The maximum absolute atomic E-state index is 12.2. The van der Waals surface area contributed by atoms with Crippen molar-refractivity contribution in [2.75, 3.05) is 12.0 Å². The Balaban J connectivity index is 2.06. The van der Waals surface area contributed by atoms with Crippen molar-refractivity contribution in [2.45, 2.75) is 26.9 Å². The van der Waals surface area contributed by atoms with Crippen LogP contribution in [0.3, 0.4) is 0 Å². The molecule has 0 saturated heterocycles. The van der Waals surface area contributed by atoms with Crippen LogP contribution in [0.4, 0.5) is 10.2 Å². The molecule has 0 spiro atoms. The second-order valence-electron chi connectivity index (χ2n) is 4.36. The number of nitrogens with zero attached hydrogens (tertiary/aromatic N) is 4. The zero-order valence-electron chi connectivity index (χ0n) is 10.9. The first-order chi connectivity index (χ1) is 8.61. The van der Waals surface area contributed by atoms with E-state index >= 15 is 0 Å². The van der Waals surface area contributed by atoms with Crippen LogP contribution in [0.1, 0.15) is 16.8 Å². The summed E-state index contributed by atoms with van der Waals surface area (Å²) in [6, 6.07) is 0. The first-order valence-corrected chi connectivity index (χ1v) is 5.93. The van der Waals surface area contributed by atoms with Gasteiger partial charge in [0, 0.05) is 18.8 Å². The second-order valence-corrected chi connectivity index (χ2v) is 4.36. The van der Waals surface area contributed by atoms with Gasteiger partial charge >= 0.3 is 0 Å². The maximum atomic E-state index is 12.2. The molecule has 1 N–H and O–H groups in total. The van der Waals surface area contributed by atoms with Crippen molar-refractivity contribution in [3.63, 3.8) is 0 Å². The second kappa shape index (κ2) is 5.20. The summed E-state index contributed by atoms with van der Waals surface area (Å²) in [7, 11) is 1.92. The molecule has 98 valence electrons. The molecule has 5 nitrogen and oxygen atoms in total. The van der Waals surface area contributed by atoms with Gasteiger partial charge in [0.15, 0.2) is 5.82 Å². The van der Waals surface area contributed by atoms with Crippen molar-refractivity contribution in [2.24, 2.45) is 7.05 Å². The average Bonchev–Trinajstić information content (AvgIpc) is 2.82. The van der Waals surface area contributed by atoms with Gasteiger partial charge in [-0.2, -0.15) is 10.2 Å². The van der Waals surface area contributed by atoms with Gasteiger partial charge in [0.2, 0.25) is 0 Å². The van der Waals surface area contributed by atoms with E-state index in [-0.39, 0.29) is 0 Å². The van der Waals surface area contributed by atoms with Gasteiger partial charge in [-0.25, -0.2) is 4.39 Å². The zero-order valence-corrected chi connectivity index (χ0v) is 10.9. The number of alkyl halides is 1. The van der Waals surface area contributed by atoms with Gasteiger partial charge in [-0.05, 0) is 19.4 Å². The van der Waals surface area contributed by atoms with Crippen molar-refractivity contribution in [1.82, 2.24) is 19.6 Å². The third-order valence-corrected chi connectivity index (χ3v) is 2.95. The first kappa shape index (κ1) is 12.6. The van der Waals surface area contributed by atoms with Crippen LogP contribution >= 0.6 is 0 Å². The average molecular weight is 251 g/mol. The minimum atomic E-state index is -0.401. The fourth-order valence-electron chi connectivity index (χ4n) is 1.89. The van der Waals surface area contributed by atoms with E-state index in [0.29, 0.717) is 13.1 Å². The van der Waals surface area contributed by atoms with E-state index in [9.17, 15) is 4.39 Å². The van der Waals surface area contributed by atoms with E-state index in [4.69, 9.17) is 0 Å². The Hall–Kier alpha value is -1.85. The normalized spacial score (nSPS) is 10.9. The summed E-state index contributed by atoms with van der Waals surface area (Å²) >= 11 is 0. The van der Waals surface area contributed by atoms with E-state index in [1.807, 2.05) is 38.0 Å². The Bertz CT molecular complexity index is 509. The predicted molar refractivity (Wildman–Crippen MR) is 68.2 cm³/mol. The number of nitrogens with one attached hydrogen (secondary N) is 1. The molecule has 0 fully saturated rings. The fraction of sp³-hybridized carbons (Fsp3) is 0.500. The molecule has 0 aliphatic heterocycles. The molecule has 0 aliphatic rings. The lowest BCUT2D eigenvalue weighted by Gasteiger charge is -2.06. The van der Waals surface area contributed by atoms with Gasteiger partial charge in [-0.3, -0.25) is 9.36 Å². The topological polar surface area (TPSA) is 47.7 Å². The van der Waals surface area contributed by atoms with Crippen LogP contribution in [0.25, 0.3) is 0 Å².